The fourth-order valence-corrected chi connectivity index (χ4v) is 6.04. The molecule has 1 saturated heterocycles. The molecule has 3 N–H and O–H groups in total. The van der Waals surface area contributed by atoms with Gasteiger partial charge in [-0.2, -0.15) is 15.5 Å². The first kappa shape index (κ1) is 27.8. The Kier molecular flexibility index (Phi) is 7.14. The molecule has 1 fully saturated rings. The number of nitriles is 1. The second kappa shape index (κ2) is 10.8. The first-order valence-electron chi connectivity index (χ1n) is 13.1. The number of nitrogens with two attached hydrogens (primary N) is 1. The van der Waals surface area contributed by atoms with Crippen LogP contribution in [0.3, 0.4) is 0 Å². The first-order valence-corrected chi connectivity index (χ1v) is 13.9. The van der Waals surface area contributed by atoms with Gasteiger partial charge in [-0.15, -0.1) is 0 Å². The average molecular weight is 605 g/mol. The van der Waals surface area contributed by atoms with Crippen LogP contribution in [-0.4, -0.2) is 55.7 Å². The minimum Gasteiger partial charge on any atom is -0.493 e. The molecule has 5 aromatic rings. The van der Waals surface area contributed by atoms with Gasteiger partial charge < -0.3 is 20.1 Å². The number of hydrogen-bond acceptors (Lipinski definition) is 9. The number of H-pyrrole nitrogens is 1. The highest BCUT2D eigenvalue weighted by atomic mass is 35.5. The molecule has 0 unspecified atom stereocenters. The number of aryl methyl sites for hydroxylation is 1. The Morgan fingerprint density at radius 1 is 1.17 bits per heavy atom. The number of anilines is 1. The molecule has 0 bridgehead atoms. The van der Waals surface area contributed by atoms with Gasteiger partial charge in [-0.05, 0) is 25.1 Å². The van der Waals surface area contributed by atoms with E-state index in [0.29, 0.717) is 69.3 Å². The number of nitrogens with zero attached hydrogens (tertiary/aromatic N) is 7. The highest BCUT2D eigenvalue weighted by molar-refractivity contribution is 6.35. The highest BCUT2D eigenvalue weighted by Crippen LogP contribution is 2.40. The second-order valence-corrected chi connectivity index (χ2v) is 11.3. The van der Waals surface area contributed by atoms with Crippen molar-refractivity contribution in [2.24, 2.45) is 12.8 Å². The molecular weight excluding hydrogens is 577 g/mol. The van der Waals surface area contributed by atoms with E-state index in [1.165, 1.54) is 12.4 Å². The number of pyridine rings is 2. The molecule has 0 radical (unpaired) electrons. The zero-order valence-electron chi connectivity index (χ0n) is 23.1. The summed E-state index contributed by atoms with van der Waals surface area (Å²) in [6, 6.07) is 9.68. The summed E-state index contributed by atoms with van der Waals surface area (Å²) in [6.45, 7) is 2.98. The summed E-state index contributed by atoms with van der Waals surface area (Å²) in [4.78, 5) is 10.7. The van der Waals surface area contributed by atoms with E-state index in [1.807, 2.05) is 37.2 Å². The lowest BCUT2D eigenvalue weighted by Crippen LogP contribution is -2.69. The zero-order chi connectivity index (χ0) is 29.6. The van der Waals surface area contributed by atoms with E-state index in [0.717, 1.165) is 16.6 Å². The third-order valence-electron chi connectivity index (χ3n) is 7.32. The van der Waals surface area contributed by atoms with Crippen LogP contribution in [-0.2, 0) is 13.5 Å². The SMILES string of the molecule is COc1cc2[nH]nc(-c3cnc(N4CC(N)(Cc5ccn(C)n5)C4)c(C#N)c3)c2cc1O[C@H](C)c1c(Cl)cncc1Cl. The molecule has 0 amide bonds. The quantitative estimate of drug-likeness (QED) is 0.254. The molecule has 1 aliphatic heterocycles. The normalized spacial score (nSPS) is 14.8. The fraction of sp³-hybridized carbons (Fsp3) is 0.276. The van der Waals surface area contributed by atoms with E-state index in [2.05, 4.69) is 31.3 Å². The fourth-order valence-electron chi connectivity index (χ4n) is 5.37. The van der Waals surface area contributed by atoms with Gasteiger partial charge in [-0.1, -0.05) is 23.2 Å². The molecule has 1 atom stereocenters. The Morgan fingerprint density at radius 3 is 2.60 bits per heavy atom. The number of aromatic nitrogens is 6. The van der Waals surface area contributed by atoms with Crippen molar-refractivity contribution in [2.45, 2.75) is 25.0 Å². The summed E-state index contributed by atoms with van der Waals surface area (Å²) in [5.41, 5.74) is 10.2. The summed E-state index contributed by atoms with van der Waals surface area (Å²) in [5.74, 6) is 1.57. The van der Waals surface area contributed by atoms with E-state index in [9.17, 15) is 5.26 Å². The molecule has 11 nitrogen and oxygen atoms in total. The average Bonchev–Trinajstić information content (AvgIpc) is 3.55. The van der Waals surface area contributed by atoms with Gasteiger partial charge in [-0.25, -0.2) is 4.98 Å². The number of ether oxygens (including phenoxy) is 2. The van der Waals surface area contributed by atoms with E-state index in [1.54, 1.807) is 30.1 Å². The van der Waals surface area contributed by atoms with Gasteiger partial charge in [0, 0.05) is 73.9 Å². The standard InChI is InChI=1S/C29H27Cl2N9O2/c1-16(26-21(30)12-34-13-22(26)31)42-25-7-20-23(8-24(25)41-3)36-37-27(20)18-6-17(10-32)28(35-11-18)40-14-29(33,15-40)9-19-4-5-39(2)38-19/h4-8,11-13,16H,9,14-15,33H2,1-3H3,(H,36,37)/t16-/m1/s1. The lowest BCUT2D eigenvalue weighted by Gasteiger charge is -2.48. The second-order valence-electron chi connectivity index (χ2n) is 10.5. The van der Waals surface area contributed by atoms with Crippen molar-refractivity contribution in [3.63, 3.8) is 0 Å². The highest BCUT2D eigenvalue weighted by Gasteiger charge is 2.41. The van der Waals surface area contributed by atoms with Crippen LogP contribution in [0.1, 0.15) is 29.8 Å². The van der Waals surface area contributed by atoms with Crippen LogP contribution >= 0.6 is 23.2 Å². The molecule has 0 spiro atoms. The van der Waals surface area contributed by atoms with Gasteiger partial charge in [-0.3, -0.25) is 14.8 Å². The number of benzene rings is 1. The van der Waals surface area contributed by atoms with Gasteiger partial charge in [0.25, 0.3) is 0 Å². The van der Waals surface area contributed by atoms with Crippen LogP contribution in [0.5, 0.6) is 11.5 Å². The third kappa shape index (κ3) is 5.09. The van der Waals surface area contributed by atoms with Crippen LogP contribution in [0.25, 0.3) is 22.2 Å². The van der Waals surface area contributed by atoms with E-state index in [4.69, 9.17) is 38.4 Å². The molecule has 4 aromatic heterocycles. The first-order chi connectivity index (χ1) is 20.2. The predicted octanol–water partition coefficient (Wildman–Crippen LogP) is 4.84. The lowest BCUT2D eigenvalue weighted by atomic mass is 9.86. The molecule has 1 aliphatic rings. The molecule has 13 heteroatoms. The number of aromatic amines is 1. The van der Waals surface area contributed by atoms with Gasteiger partial charge in [0.2, 0.25) is 0 Å². The molecule has 0 aliphatic carbocycles. The monoisotopic (exact) mass is 603 g/mol. The Labute approximate surface area is 251 Å². The number of rotatable bonds is 8. The van der Waals surface area contributed by atoms with Crippen molar-refractivity contribution in [3.05, 3.63) is 75.9 Å². The Balaban J connectivity index is 1.28. The van der Waals surface area contributed by atoms with E-state index in [-0.39, 0.29) is 0 Å². The molecule has 1 aromatic carbocycles. The Hall–Kier alpha value is -4.37. The Bertz CT molecular complexity index is 1820. The topological polar surface area (TPSA) is 144 Å². The number of fused-ring (bicyclic) bond motifs is 1. The minimum atomic E-state index is -0.496. The molecule has 0 saturated carbocycles. The van der Waals surface area contributed by atoms with E-state index < -0.39 is 11.6 Å². The van der Waals surface area contributed by atoms with Gasteiger partial charge >= 0.3 is 0 Å². The maximum absolute atomic E-state index is 10.0. The molecule has 6 rings (SSSR count). The van der Waals surface area contributed by atoms with Crippen LogP contribution in [0, 0.1) is 11.3 Å². The van der Waals surface area contributed by atoms with Gasteiger partial charge in [0.05, 0.1) is 39.5 Å². The van der Waals surface area contributed by atoms with Gasteiger partial charge in [0.1, 0.15) is 23.7 Å². The van der Waals surface area contributed by atoms with Crippen LogP contribution < -0.4 is 20.1 Å². The largest absolute Gasteiger partial charge is 0.493 e. The summed E-state index contributed by atoms with van der Waals surface area (Å²) < 4.78 is 13.6. The number of hydrogen-bond donors (Lipinski definition) is 2. The number of halogens is 2. The van der Waals surface area contributed by atoms with Crippen molar-refractivity contribution in [1.29, 1.82) is 5.26 Å². The van der Waals surface area contributed by atoms with Crippen molar-refractivity contribution < 1.29 is 9.47 Å². The third-order valence-corrected chi connectivity index (χ3v) is 7.92. The molecule has 42 heavy (non-hydrogen) atoms. The van der Waals surface area contributed by atoms with Crippen LogP contribution in [0.2, 0.25) is 10.0 Å². The van der Waals surface area contributed by atoms with Crippen molar-refractivity contribution in [2.75, 3.05) is 25.1 Å². The summed E-state index contributed by atoms with van der Waals surface area (Å²) in [5, 5.41) is 23.6. The predicted molar refractivity (Wildman–Crippen MR) is 160 cm³/mol. The number of methoxy groups -OCH3 is 1. The van der Waals surface area contributed by atoms with Crippen molar-refractivity contribution in [1.82, 2.24) is 29.9 Å². The zero-order valence-corrected chi connectivity index (χ0v) is 24.6. The summed E-state index contributed by atoms with van der Waals surface area (Å²) >= 11 is 12.7. The molecule has 5 heterocycles. The Morgan fingerprint density at radius 2 is 1.93 bits per heavy atom. The van der Waals surface area contributed by atoms with Crippen molar-refractivity contribution >= 4 is 39.9 Å². The maximum Gasteiger partial charge on any atom is 0.162 e. The van der Waals surface area contributed by atoms with Gasteiger partial charge in [0.15, 0.2) is 11.5 Å². The van der Waals surface area contributed by atoms with E-state index >= 15 is 0 Å². The van der Waals surface area contributed by atoms with Crippen LogP contribution in [0.4, 0.5) is 5.82 Å². The molecule has 214 valence electrons. The smallest absolute Gasteiger partial charge is 0.162 e. The van der Waals surface area contributed by atoms with Crippen LogP contribution in [0.15, 0.2) is 49.1 Å². The number of nitrogens with one attached hydrogen (secondary N) is 1. The maximum atomic E-state index is 10.0. The summed E-state index contributed by atoms with van der Waals surface area (Å²) in [7, 11) is 3.44. The summed E-state index contributed by atoms with van der Waals surface area (Å²) in [6.07, 6.45) is 6.81. The van der Waals surface area contributed by atoms with Crippen molar-refractivity contribution in [3.8, 4) is 28.8 Å². The lowest BCUT2D eigenvalue weighted by molar-refractivity contribution is 0.216. The molecular formula is C29H27Cl2N9O2. The minimum absolute atomic E-state index is 0.403.